The molecule has 0 radical (unpaired) electrons. The molecule has 0 atom stereocenters. The highest BCUT2D eigenvalue weighted by molar-refractivity contribution is 6.32. The first-order valence-electron chi connectivity index (χ1n) is 8.38. The van der Waals surface area contributed by atoms with Gasteiger partial charge in [-0.2, -0.15) is 5.10 Å². The molecule has 30 heavy (non-hydrogen) atoms. The Labute approximate surface area is 175 Å². The van der Waals surface area contributed by atoms with E-state index in [4.69, 9.17) is 31.9 Å². The van der Waals surface area contributed by atoms with Gasteiger partial charge in [0.05, 0.1) is 23.3 Å². The van der Waals surface area contributed by atoms with Crippen molar-refractivity contribution >= 4 is 40.4 Å². The zero-order valence-electron chi connectivity index (χ0n) is 15.5. The number of hydrazone groups is 1. The van der Waals surface area contributed by atoms with E-state index in [1.165, 1.54) is 37.6 Å². The molecule has 0 bridgehead atoms. The number of fused-ring (bicyclic) bond motifs is 1. The number of nitro benzene ring substituents is 1. The minimum atomic E-state index is -0.628. The number of amides is 1. The van der Waals surface area contributed by atoms with Gasteiger partial charge in [-0.1, -0.05) is 17.5 Å². The van der Waals surface area contributed by atoms with E-state index >= 15 is 0 Å². The summed E-state index contributed by atoms with van der Waals surface area (Å²) >= 11 is 6.18. The number of hydrogen-bond donors (Lipinski definition) is 1. The van der Waals surface area contributed by atoms with Gasteiger partial charge in [-0.25, -0.2) is 5.43 Å². The summed E-state index contributed by atoms with van der Waals surface area (Å²) in [4.78, 5) is 22.6. The third kappa shape index (κ3) is 4.51. The molecule has 0 fully saturated rings. The summed E-state index contributed by atoms with van der Waals surface area (Å²) < 4.78 is 16.0. The standard InChI is InChI=1S/C20H14ClN3O6/c1-3-6-29-19-15(21)7-12(8-17(19)28-2)11-22-23-20(25)18-10-13-9-14(24(26)27)4-5-16(13)30-18/h1,4-5,7-11H,6H2,2H3,(H,23,25)/b22-11+. The van der Waals surface area contributed by atoms with Gasteiger partial charge in [0, 0.05) is 17.5 Å². The predicted octanol–water partition coefficient (Wildman–Crippen LogP) is 3.78. The molecule has 0 aliphatic heterocycles. The van der Waals surface area contributed by atoms with Crippen LogP contribution in [0.15, 0.2) is 45.9 Å². The van der Waals surface area contributed by atoms with Crippen LogP contribution >= 0.6 is 11.6 Å². The predicted molar refractivity (Wildman–Crippen MR) is 110 cm³/mol. The van der Waals surface area contributed by atoms with Crippen LogP contribution in [0, 0.1) is 22.5 Å². The maximum atomic E-state index is 12.2. The van der Waals surface area contributed by atoms with Crippen molar-refractivity contribution in [3.05, 3.63) is 62.9 Å². The Balaban J connectivity index is 1.74. The highest BCUT2D eigenvalue weighted by Gasteiger charge is 2.15. The van der Waals surface area contributed by atoms with Crippen molar-refractivity contribution in [3.8, 4) is 23.8 Å². The molecule has 2 aromatic carbocycles. The highest BCUT2D eigenvalue weighted by atomic mass is 35.5. The van der Waals surface area contributed by atoms with E-state index in [0.29, 0.717) is 28.0 Å². The number of nitrogens with one attached hydrogen (secondary N) is 1. The van der Waals surface area contributed by atoms with E-state index in [0.717, 1.165) is 0 Å². The Morgan fingerprint density at radius 2 is 2.20 bits per heavy atom. The zero-order chi connectivity index (χ0) is 21.7. The minimum absolute atomic E-state index is 0.0280. The van der Waals surface area contributed by atoms with Crippen LogP contribution in [0.1, 0.15) is 16.1 Å². The van der Waals surface area contributed by atoms with E-state index in [2.05, 4.69) is 16.4 Å². The van der Waals surface area contributed by atoms with Crippen molar-refractivity contribution in [1.29, 1.82) is 0 Å². The molecule has 0 aliphatic rings. The molecule has 0 spiro atoms. The molecule has 3 aromatic rings. The van der Waals surface area contributed by atoms with Crippen molar-refractivity contribution < 1.29 is 23.6 Å². The molecular weight excluding hydrogens is 414 g/mol. The van der Waals surface area contributed by atoms with E-state index in [-0.39, 0.29) is 23.1 Å². The number of methoxy groups -OCH3 is 1. The van der Waals surface area contributed by atoms with E-state index in [1.807, 2.05) is 0 Å². The third-order valence-electron chi connectivity index (χ3n) is 3.87. The minimum Gasteiger partial charge on any atom is -0.493 e. The monoisotopic (exact) mass is 427 g/mol. The number of rotatable bonds is 7. The summed E-state index contributed by atoms with van der Waals surface area (Å²) in [5, 5.41) is 15.4. The van der Waals surface area contributed by atoms with Gasteiger partial charge in [-0.05, 0) is 29.8 Å². The molecule has 1 heterocycles. The van der Waals surface area contributed by atoms with E-state index in [9.17, 15) is 14.9 Å². The molecule has 9 nitrogen and oxygen atoms in total. The van der Waals surface area contributed by atoms with Crippen molar-refractivity contribution in [2.75, 3.05) is 13.7 Å². The lowest BCUT2D eigenvalue weighted by atomic mass is 10.2. The fourth-order valence-corrected chi connectivity index (χ4v) is 2.82. The van der Waals surface area contributed by atoms with Crippen LogP contribution in [0.4, 0.5) is 5.69 Å². The van der Waals surface area contributed by atoms with Crippen LogP contribution in [-0.2, 0) is 0 Å². The number of hydrogen-bond acceptors (Lipinski definition) is 7. The fourth-order valence-electron chi connectivity index (χ4n) is 2.54. The first-order valence-corrected chi connectivity index (χ1v) is 8.76. The lowest BCUT2D eigenvalue weighted by molar-refractivity contribution is -0.384. The van der Waals surface area contributed by atoms with Crippen LogP contribution in [0.5, 0.6) is 11.5 Å². The number of halogens is 1. The first-order chi connectivity index (χ1) is 14.4. The molecule has 1 N–H and O–H groups in total. The van der Waals surface area contributed by atoms with Crippen LogP contribution < -0.4 is 14.9 Å². The zero-order valence-corrected chi connectivity index (χ0v) is 16.3. The second kappa shape index (κ2) is 8.98. The Kier molecular flexibility index (Phi) is 6.20. The quantitative estimate of drug-likeness (QED) is 0.265. The van der Waals surface area contributed by atoms with Gasteiger partial charge in [0.25, 0.3) is 5.69 Å². The van der Waals surface area contributed by atoms with Crippen LogP contribution in [0.25, 0.3) is 11.0 Å². The lowest BCUT2D eigenvalue weighted by Crippen LogP contribution is -2.16. The smallest absolute Gasteiger partial charge is 0.307 e. The lowest BCUT2D eigenvalue weighted by Gasteiger charge is -2.11. The van der Waals surface area contributed by atoms with Gasteiger partial charge >= 0.3 is 5.91 Å². The summed E-state index contributed by atoms with van der Waals surface area (Å²) in [5.74, 6) is 2.32. The van der Waals surface area contributed by atoms with Crippen molar-refractivity contribution in [1.82, 2.24) is 5.43 Å². The second-order valence-electron chi connectivity index (χ2n) is 5.82. The van der Waals surface area contributed by atoms with E-state index < -0.39 is 10.8 Å². The SMILES string of the molecule is C#CCOc1c(Cl)cc(/C=N/NC(=O)c2cc3cc([N+](=O)[O-])ccc3o2)cc1OC. The van der Waals surface area contributed by atoms with Gasteiger partial charge < -0.3 is 13.9 Å². The molecular formula is C20H14ClN3O6. The summed E-state index contributed by atoms with van der Waals surface area (Å²) in [6.07, 6.45) is 6.53. The topological polar surface area (TPSA) is 116 Å². The van der Waals surface area contributed by atoms with Gasteiger partial charge in [0.1, 0.15) is 12.2 Å². The number of nitro groups is 1. The maximum absolute atomic E-state index is 12.2. The molecule has 0 unspecified atom stereocenters. The Morgan fingerprint density at radius 1 is 1.40 bits per heavy atom. The number of terminal acetylenes is 1. The average Bonchev–Trinajstić information content (AvgIpc) is 3.16. The Morgan fingerprint density at radius 3 is 2.90 bits per heavy atom. The van der Waals surface area contributed by atoms with Crippen molar-refractivity contribution in [3.63, 3.8) is 0 Å². The van der Waals surface area contributed by atoms with Gasteiger partial charge in [0.2, 0.25) is 0 Å². The molecule has 0 saturated carbocycles. The summed E-state index contributed by atoms with van der Waals surface area (Å²) in [6.45, 7) is 0.0280. The number of furan rings is 1. The summed E-state index contributed by atoms with van der Waals surface area (Å²) in [6, 6.07) is 8.59. The highest BCUT2D eigenvalue weighted by Crippen LogP contribution is 2.36. The van der Waals surface area contributed by atoms with Crippen molar-refractivity contribution in [2.24, 2.45) is 5.10 Å². The molecule has 0 saturated heterocycles. The van der Waals surface area contributed by atoms with E-state index in [1.54, 1.807) is 12.1 Å². The summed E-state index contributed by atoms with van der Waals surface area (Å²) in [5.41, 5.74) is 3.08. The maximum Gasteiger partial charge on any atom is 0.307 e. The van der Waals surface area contributed by atoms with Gasteiger partial charge in [-0.3, -0.25) is 14.9 Å². The number of benzene rings is 2. The fraction of sp³-hybridized carbons (Fsp3) is 0.100. The molecule has 3 rings (SSSR count). The Hall–Kier alpha value is -4.03. The second-order valence-corrected chi connectivity index (χ2v) is 6.22. The molecule has 1 amide bonds. The molecule has 1 aromatic heterocycles. The number of ether oxygens (including phenoxy) is 2. The Bertz CT molecular complexity index is 1200. The van der Waals surface area contributed by atoms with Gasteiger partial charge in [0.15, 0.2) is 17.3 Å². The number of carbonyl (C=O) groups excluding carboxylic acids is 1. The van der Waals surface area contributed by atoms with Crippen LogP contribution in [0.2, 0.25) is 5.02 Å². The van der Waals surface area contributed by atoms with Crippen LogP contribution in [0.3, 0.4) is 0 Å². The third-order valence-corrected chi connectivity index (χ3v) is 4.15. The summed E-state index contributed by atoms with van der Waals surface area (Å²) in [7, 11) is 1.45. The number of carbonyl (C=O) groups is 1. The number of non-ortho nitro benzene ring substituents is 1. The van der Waals surface area contributed by atoms with Gasteiger partial charge in [-0.15, -0.1) is 6.42 Å². The van der Waals surface area contributed by atoms with Crippen molar-refractivity contribution in [2.45, 2.75) is 0 Å². The molecule has 10 heteroatoms. The average molecular weight is 428 g/mol. The molecule has 0 aliphatic carbocycles. The number of nitrogens with zero attached hydrogens (tertiary/aromatic N) is 2. The largest absolute Gasteiger partial charge is 0.493 e. The van der Waals surface area contributed by atoms with Crippen LogP contribution in [-0.4, -0.2) is 30.8 Å². The normalized spacial score (nSPS) is 10.7. The first kappa shape index (κ1) is 20.7. The molecule has 152 valence electrons.